The molecule has 0 aliphatic heterocycles. The molecule has 0 saturated heterocycles. The second-order valence-corrected chi connectivity index (χ2v) is 8.17. The van der Waals surface area contributed by atoms with Gasteiger partial charge < -0.3 is 5.73 Å². The maximum absolute atomic E-state index is 12.6. The molecule has 4 nitrogen and oxygen atoms in total. The summed E-state index contributed by atoms with van der Waals surface area (Å²) < 4.78 is 27.9. The van der Waals surface area contributed by atoms with E-state index in [1.165, 1.54) is 0 Å². The molecule has 0 amide bonds. The molecule has 3 N–H and O–H groups in total. The van der Waals surface area contributed by atoms with Gasteiger partial charge >= 0.3 is 0 Å². The van der Waals surface area contributed by atoms with Crippen molar-refractivity contribution in [2.75, 3.05) is 0 Å². The number of aryl methyl sites for hydroxylation is 1. The van der Waals surface area contributed by atoms with Crippen LogP contribution in [0.15, 0.2) is 29.2 Å². The van der Waals surface area contributed by atoms with Crippen LogP contribution in [0, 0.1) is 12.8 Å². The van der Waals surface area contributed by atoms with E-state index in [0.29, 0.717) is 18.8 Å². The van der Waals surface area contributed by atoms with Crippen molar-refractivity contribution >= 4 is 27.2 Å². The Morgan fingerprint density at radius 2 is 1.81 bits per heavy atom. The minimum absolute atomic E-state index is 0.241. The first-order valence-electron chi connectivity index (χ1n) is 7.16. The molecule has 2 rings (SSSR count). The van der Waals surface area contributed by atoms with E-state index in [-0.39, 0.29) is 9.88 Å². The van der Waals surface area contributed by atoms with E-state index in [1.807, 2.05) is 6.92 Å². The van der Waals surface area contributed by atoms with Crippen molar-refractivity contribution in [1.29, 1.82) is 0 Å². The lowest BCUT2D eigenvalue weighted by Gasteiger charge is -2.38. The number of nitrogens with two attached hydrogens (primary N) is 1. The van der Waals surface area contributed by atoms with E-state index in [4.69, 9.17) is 18.0 Å². The number of thiocarbonyl (C=S) groups is 1. The van der Waals surface area contributed by atoms with Crippen LogP contribution in [-0.4, -0.2) is 18.9 Å². The molecule has 0 aromatic heterocycles. The minimum atomic E-state index is -3.62. The molecule has 1 aliphatic rings. The van der Waals surface area contributed by atoms with Crippen molar-refractivity contribution in [2.45, 2.75) is 50.0 Å². The van der Waals surface area contributed by atoms with Gasteiger partial charge in [-0.15, -0.1) is 0 Å². The molecule has 1 aromatic rings. The Morgan fingerprint density at radius 1 is 1.29 bits per heavy atom. The Labute approximate surface area is 132 Å². The van der Waals surface area contributed by atoms with Crippen LogP contribution >= 0.6 is 12.2 Å². The molecule has 1 aromatic carbocycles. The molecule has 0 unspecified atom stereocenters. The quantitative estimate of drug-likeness (QED) is 0.834. The summed E-state index contributed by atoms with van der Waals surface area (Å²) in [5.74, 6) is 0.580. The van der Waals surface area contributed by atoms with Gasteiger partial charge in [0.1, 0.15) is 0 Å². The van der Waals surface area contributed by atoms with Crippen LogP contribution in [0.5, 0.6) is 0 Å². The second kappa shape index (κ2) is 6.02. The van der Waals surface area contributed by atoms with Gasteiger partial charge in [0.05, 0.1) is 15.4 Å². The molecule has 0 bridgehead atoms. The number of rotatable bonds is 4. The van der Waals surface area contributed by atoms with Gasteiger partial charge in [0, 0.05) is 0 Å². The topological polar surface area (TPSA) is 72.2 Å². The lowest BCUT2D eigenvalue weighted by Crippen LogP contribution is -2.58. The van der Waals surface area contributed by atoms with Gasteiger partial charge in [-0.1, -0.05) is 36.8 Å². The van der Waals surface area contributed by atoms with Crippen molar-refractivity contribution in [3.05, 3.63) is 29.8 Å². The van der Waals surface area contributed by atoms with Crippen LogP contribution in [-0.2, 0) is 10.0 Å². The molecule has 1 saturated carbocycles. The summed E-state index contributed by atoms with van der Waals surface area (Å²) in [4.78, 5) is 0.493. The van der Waals surface area contributed by atoms with Crippen molar-refractivity contribution in [3.63, 3.8) is 0 Å². The van der Waals surface area contributed by atoms with E-state index in [1.54, 1.807) is 24.3 Å². The third-order valence-electron chi connectivity index (χ3n) is 4.26. The van der Waals surface area contributed by atoms with Crippen LogP contribution in [0.2, 0.25) is 0 Å². The highest BCUT2D eigenvalue weighted by molar-refractivity contribution is 7.89. The molecule has 0 atom stereocenters. The molecule has 0 heterocycles. The van der Waals surface area contributed by atoms with E-state index < -0.39 is 15.6 Å². The summed E-state index contributed by atoms with van der Waals surface area (Å²) >= 11 is 5.16. The number of benzene rings is 1. The molecule has 0 radical (unpaired) electrons. The molecule has 21 heavy (non-hydrogen) atoms. The van der Waals surface area contributed by atoms with Crippen molar-refractivity contribution in [1.82, 2.24) is 4.72 Å². The van der Waals surface area contributed by atoms with Crippen molar-refractivity contribution in [2.24, 2.45) is 11.7 Å². The van der Waals surface area contributed by atoms with Gasteiger partial charge in [-0.05, 0) is 50.7 Å². The SMILES string of the molecule is Cc1ccc(S(=O)(=O)NC2(C(N)=S)CCC(C)CC2)cc1. The Balaban J connectivity index is 2.28. The summed E-state index contributed by atoms with van der Waals surface area (Å²) in [6.45, 7) is 4.08. The summed E-state index contributed by atoms with van der Waals surface area (Å²) in [7, 11) is -3.62. The average molecular weight is 326 g/mol. The largest absolute Gasteiger partial charge is 0.392 e. The number of hydrogen-bond acceptors (Lipinski definition) is 3. The standard InChI is InChI=1S/C15H22N2O2S2/c1-11-3-5-13(6-4-11)21(18,19)17-15(14(16)20)9-7-12(2)8-10-15/h3-6,12,17H,7-10H2,1-2H3,(H2,16,20). The highest BCUT2D eigenvalue weighted by atomic mass is 32.2. The first kappa shape index (κ1) is 16.4. The minimum Gasteiger partial charge on any atom is -0.392 e. The van der Waals surface area contributed by atoms with E-state index in [9.17, 15) is 8.42 Å². The fourth-order valence-corrected chi connectivity index (χ4v) is 4.45. The number of hydrogen-bond donors (Lipinski definition) is 2. The Hall–Kier alpha value is -0.980. The van der Waals surface area contributed by atoms with E-state index >= 15 is 0 Å². The van der Waals surface area contributed by atoms with E-state index in [0.717, 1.165) is 18.4 Å². The molecule has 1 fully saturated rings. The van der Waals surface area contributed by atoms with Gasteiger partial charge in [0.15, 0.2) is 0 Å². The lowest BCUT2D eigenvalue weighted by atomic mass is 9.78. The molecule has 116 valence electrons. The highest BCUT2D eigenvalue weighted by Crippen LogP contribution is 2.33. The molecule has 0 spiro atoms. The van der Waals surface area contributed by atoms with Crippen LogP contribution < -0.4 is 10.5 Å². The van der Waals surface area contributed by atoms with Crippen molar-refractivity contribution < 1.29 is 8.42 Å². The normalized spacial score (nSPS) is 26.5. The third kappa shape index (κ3) is 3.62. The summed E-state index contributed by atoms with van der Waals surface area (Å²) in [6.07, 6.45) is 3.17. The number of nitrogens with one attached hydrogen (secondary N) is 1. The smallest absolute Gasteiger partial charge is 0.241 e. The third-order valence-corrected chi connectivity index (χ3v) is 6.20. The van der Waals surface area contributed by atoms with Crippen LogP contribution in [0.25, 0.3) is 0 Å². The summed E-state index contributed by atoms with van der Waals surface area (Å²) in [5.41, 5.74) is 6.09. The molecule has 6 heteroatoms. The summed E-state index contributed by atoms with van der Waals surface area (Å²) in [6, 6.07) is 6.78. The highest BCUT2D eigenvalue weighted by Gasteiger charge is 2.40. The van der Waals surface area contributed by atoms with E-state index in [2.05, 4.69) is 11.6 Å². The average Bonchev–Trinajstić information content (AvgIpc) is 2.41. The summed E-state index contributed by atoms with van der Waals surface area (Å²) in [5, 5.41) is 0. The first-order valence-corrected chi connectivity index (χ1v) is 9.05. The monoisotopic (exact) mass is 326 g/mol. The van der Waals surface area contributed by atoms with Crippen LogP contribution in [0.1, 0.15) is 38.2 Å². The van der Waals surface area contributed by atoms with Gasteiger partial charge in [-0.25, -0.2) is 8.42 Å². The Bertz CT molecular complexity index is 616. The zero-order valence-corrected chi connectivity index (χ0v) is 14.1. The maximum atomic E-state index is 12.6. The number of sulfonamides is 1. The zero-order chi connectivity index (χ0) is 15.7. The Morgan fingerprint density at radius 3 is 2.29 bits per heavy atom. The first-order chi connectivity index (χ1) is 9.75. The van der Waals surface area contributed by atoms with Crippen LogP contribution in [0.4, 0.5) is 0 Å². The van der Waals surface area contributed by atoms with Crippen LogP contribution in [0.3, 0.4) is 0 Å². The predicted molar refractivity (Wildman–Crippen MR) is 88.6 cm³/mol. The fraction of sp³-hybridized carbons (Fsp3) is 0.533. The van der Waals surface area contributed by atoms with Gasteiger partial charge in [0.2, 0.25) is 10.0 Å². The second-order valence-electron chi connectivity index (χ2n) is 6.05. The zero-order valence-electron chi connectivity index (χ0n) is 12.4. The predicted octanol–water partition coefficient (Wildman–Crippen LogP) is 2.51. The maximum Gasteiger partial charge on any atom is 0.241 e. The van der Waals surface area contributed by atoms with Gasteiger partial charge in [0.25, 0.3) is 0 Å². The van der Waals surface area contributed by atoms with Crippen molar-refractivity contribution in [3.8, 4) is 0 Å². The molecular weight excluding hydrogens is 304 g/mol. The fourth-order valence-electron chi connectivity index (χ4n) is 2.69. The lowest BCUT2D eigenvalue weighted by molar-refractivity contribution is 0.289. The molecule has 1 aliphatic carbocycles. The van der Waals surface area contributed by atoms with Gasteiger partial charge in [-0.2, -0.15) is 4.72 Å². The molecular formula is C15H22N2O2S2. The Kier molecular flexibility index (Phi) is 4.70. The van der Waals surface area contributed by atoms with Gasteiger partial charge in [-0.3, -0.25) is 0 Å².